The zero-order valence-electron chi connectivity index (χ0n) is 12.0. The molecule has 0 fully saturated rings. The highest BCUT2D eigenvalue weighted by molar-refractivity contribution is 7.11. The molecule has 0 amide bonds. The molecule has 22 heavy (non-hydrogen) atoms. The Morgan fingerprint density at radius 3 is 2.95 bits per heavy atom. The van der Waals surface area contributed by atoms with E-state index in [2.05, 4.69) is 24.8 Å². The average Bonchev–Trinajstić information content (AvgIpc) is 3.24. The Morgan fingerprint density at radius 1 is 1.14 bits per heavy atom. The number of aromatic nitrogens is 6. The Kier molecular flexibility index (Phi) is 3.19. The second-order valence-electron chi connectivity index (χ2n) is 4.99. The molecule has 4 aromatic heterocycles. The normalized spacial score (nSPS) is 11.3. The van der Waals surface area contributed by atoms with Gasteiger partial charge in [-0.25, -0.2) is 9.50 Å². The minimum absolute atomic E-state index is 0.821. The molecule has 0 N–H and O–H groups in total. The minimum Gasteiger partial charge on any atom is -0.329 e. The van der Waals surface area contributed by atoms with Crippen LogP contribution in [0, 0.1) is 6.92 Å². The Morgan fingerprint density at radius 2 is 2.09 bits per heavy atom. The van der Waals surface area contributed by atoms with Crippen molar-refractivity contribution in [2.75, 3.05) is 0 Å². The first kappa shape index (κ1) is 13.1. The van der Waals surface area contributed by atoms with Crippen molar-refractivity contribution >= 4 is 16.9 Å². The lowest BCUT2D eigenvalue weighted by Gasteiger charge is -2.08. The Balaban J connectivity index is 1.66. The van der Waals surface area contributed by atoms with Gasteiger partial charge in [0.05, 0.1) is 11.7 Å². The Labute approximate surface area is 131 Å². The molecule has 4 rings (SSSR count). The number of hydrogen-bond acceptors (Lipinski definition) is 5. The third-order valence-corrected chi connectivity index (χ3v) is 4.40. The van der Waals surface area contributed by atoms with E-state index in [-0.39, 0.29) is 0 Å². The lowest BCUT2D eigenvalue weighted by atomic mass is 10.3. The van der Waals surface area contributed by atoms with Crippen molar-refractivity contribution in [3.63, 3.8) is 0 Å². The number of hydrogen-bond donors (Lipinski definition) is 0. The van der Waals surface area contributed by atoms with Crippen LogP contribution in [0.3, 0.4) is 0 Å². The van der Waals surface area contributed by atoms with Gasteiger partial charge in [0.1, 0.15) is 15.7 Å². The van der Waals surface area contributed by atoms with Crippen LogP contribution in [0.15, 0.2) is 42.9 Å². The minimum atomic E-state index is 0.821. The molecule has 4 heterocycles. The molecule has 0 spiro atoms. The van der Waals surface area contributed by atoms with E-state index >= 15 is 0 Å². The van der Waals surface area contributed by atoms with Crippen LogP contribution in [0.2, 0.25) is 0 Å². The first-order chi connectivity index (χ1) is 10.8. The monoisotopic (exact) mass is 310 g/mol. The number of pyridine rings is 1. The summed E-state index contributed by atoms with van der Waals surface area (Å²) < 4.78 is 4.04. The molecule has 0 bridgehead atoms. The predicted octanol–water partition coefficient (Wildman–Crippen LogP) is 2.60. The van der Waals surface area contributed by atoms with Gasteiger partial charge in [0.15, 0.2) is 5.82 Å². The van der Waals surface area contributed by atoms with E-state index in [1.807, 2.05) is 48.1 Å². The van der Waals surface area contributed by atoms with Gasteiger partial charge in [0, 0.05) is 25.4 Å². The number of imidazole rings is 1. The quantitative estimate of drug-likeness (QED) is 0.581. The largest absolute Gasteiger partial charge is 0.329 e. The highest BCUT2D eigenvalue weighted by Crippen LogP contribution is 2.19. The third-order valence-electron chi connectivity index (χ3n) is 3.50. The lowest BCUT2D eigenvalue weighted by molar-refractivity contribution is 0.691. The first-order valence-corrected chi connectivity index (χ1v) is 7.86. The SMILES string of the molecule is Cc1nnc(CCn2ccnc2-c2cccc3ccnn23)s1. The fourth-order valence-corrected chi connectivity index (χ4v) is 3.19. The smallest absolute Gasteiger partial charge is 0.158 e. The number of fused-ring (bicyclic) bond motifs is 1. The van der Waals surface area contributed by atoms with Gasteiger partial charge in [0.25, 0.3) is 0 Å². The standard InChI is InChI=1S/C15H14N6S/c1-11-18-19-14(22-11)6-9-20-10-8-16-15(20)13-4-2-3-12-5-7-17-21(12)13/h2-5,7-8,10H,6,9H2,1H3. The molecule has 0 aliphatic heterocycles. The highest BCUT2D eigenvalue weighted by atomic mass is 32.1. The molecule has 6 nitrogen and oxygen atoms in total. The van der Waals surface area contributed by atoms with E-state index in [0.717, 1.165) is 40.0 Å². The van der Waals surface area contributed by atoms with Crippen molar-refractivity contribution in [3.05, 3.63) is 52.9 Å². The second kappa shape index (κ2) is 5.34. The van der Waals surface area contributed by atoms with Crippen molar-refractivity contribution in [1.29, 1.82) is 0 Å². The second-order valence-corrected chi connectivity index (χ2v) is 6.25. The highest BCUT2D eigenvalue weighted by Gasteiger charge is 2.11. The van der Waals surface area contributed by atoms with Gasteiger partial charge in [-0.2, -0.15) is 5.10 Å². The molecule has 0 saturated carbocycles. The van der Waals surface area contributed by atoms with Gasteiger partial charge in [-0.3, -0.25) is 0 Å². The van der Waals surface area contributed by atoms with Crippen LogP contribution in [0.4, 0.5) is 0 Å². The summed E-state index contributed by atoms with van der Waals surface area (Å²) in [7, 11) is 0. The summed E-state index contributed by atoms with van der Waals surface area (Å²) in [6.07, 6.45) is 6.47. The summed E-state index contributed by atoms with van der Waals surface area (Å²) in [6.45, 7) is 2.80. The van der Waals surface area contributed by atoms with Crippen LogP contribution in [0.25, 0.3) is 17.0 Å². The van der Waals surface area contributed by atoms with Gasteiger partial charge >= 0.3 is 0 Å². The lowest BCUT2D eigenvalue weighted by Crippen LogP contribution is -2.05. The summed E-state index contributed by atoms with van der Waals surface area (Å²) in [5.74, 6) is 0.913. The summed E-state index contributed by atoms with van der Waals surface area (Å²) in [5, 5.41) is 14.7. The van der Waals surface area contributed by atoms with Crippen LogP contribution in [0.5, 0.6) is 0 Å². The maximum atomic E-state index is 4.50. The maximum absolute atomic E-state index is 4.50. The fourth-order valence-electron chi connectivity index (χ4n) is 2.50. The average molecular weight is 310 g/mol. The molecule has 0 aliphatic carbocycles. The first-order valence-electron chi connectivity index (χ1n) is 7.04. The van der Waals surface area contributed by atoms with E-state index in [1.165, 1.54) is 0 Å². The zero-order chi connectivity index (χ0) is 14.9. The van der Waals surface area contributed by atoms with Crippen LogP contribution in [-0.2, 0) is 13.0 Å². The molecule has 110 valence electrons. The third kappa shape index (κ3) is 2.29. The van der Waals surface area contributed by atoms with Crippen LogP contribution in [0.1, 0.15) is 10.0 Å². The van der Waals surface area contributed by atoms with Gasteiger partial charge in [0.2, 0.25) is 0 Å². The molecule has 0 saturated heterocycles. The van der Waals surface area contributed by atoms with Gasteiger partial charge in [-0.05, 0) is 25.1 Å². The zero-order valence-corrected chi connectivity index (χ0v) is 12.9. The Hall–Kier alpha value is -2.54. The van der Waals surface area contributed by atoms with Gasteiger partial charge in [-0.15, -0.1) is 21.5 Å². The Bertz CT molecular complexity index is 919. The molecule has 0 aromatic carbocycles. The summed E-state index contributed by atoms with van der Waals surface area (Å²) >= 11 is 1.64. The summed E-state index contributed by atoms with van der Waals surface area (Å²) in [5.41, 5.74) is 2.05. The van der Waals surface area contributed by atoms with E-state index in [1.54, 1.807) is 17.5 Å². The van der Waals surface area contributed by atoms with Crippen molar-refractivity contribution in [3.8, 4) is 11.5 Å². The van der Waals surface area contributed by atoms with Crippen LogP contribution < -0.4 is 0 Å². The van der Waals surface area contributed by atoms with Crippen molar-refractivity contribution in [1.82, 2.24) is 29.4 Å². The number of nitrogens with zero attached hydrogens (tertiary/aromatic N) is 6. The molecule has 0 unspecified atom stereocenters. The maximum Gasteiger partial charge on any atom is 0.158 e. The molecular weight excluding hydrogens is 296 g/mol. The number of rotatable bonds is 4. The number of aryl methyl sites for hydroxylation is 3. The molecule has 4 aromatic rings. The molecule has 0 atom stereocenters. The van der Waals surface area contributed by atoms with E-state index < -0.39 is 0 Å². The van der Waals surface area contributed by atoms with E-state index in [4.69, 9.17) is 0 Å². The fraction of sp³-hybridized carbons (Fsp3) is 0.200. The predicted molar refractivity (Wildman–Crippen MR) is 84.8 cm³/mol. The summed E-state index contributed by atoms with van der Waals surface area (Å²) in [6, 6.07) is 8.09. The summed E-state index contributed by atoms with van der Waals surface area (Å²) in [4.78, 5) is 4.50. The molecular formula is C15H14N6S. The van der Waals surface area contributed by atoms with Crippen LogP contribution in [-0.4, -0.2) is 29.4 Å². The van der Waals surface area contributed by atoms with E-state index in [0.29, 0.717) is 0 Å². The van der Waals surface area contributed by atoms with Gasteiger partial charge in [-0.1, -0.05) is 6.07 Å². The van der Waals surface area contributed by atoms with Crippen molar-refractivity contribution < 1.29 is 0 Å². The molecule has 0 radical (unpaired) electrons. The molecule has 0 aliphatic rings. The molecule has 7 heteroatoms. The topological polar surface area (TPSA) is 60.9 Å². The van der Waals surface area contributed by atoms with Crippen molar-refractivity contribution in [2.24, 2.45) is 0 Å². The van der Waals surface area contributed by atoms with Crippen LogP contribution >= 0.6 is 11.3 Å². The van der Waals surface area contributed by atoms with Gasteiger partial charge < -0.3 is 4.57 Å². The van der Waals surface area contributed by atoms with Crippen molar-refractivity contribution in [2.45, 2.75) is 19.9 Å². The van der Waals surface area contributed by atoms with E-state index in [9.17, 15) is 0 Å².